The van der Waals surface area contributed by atoms with Crippen LogP contribution in [-0.2, 0) is 24.9 Å². The van der Waals surface area contributed by atoms with Gasteiger partial charge in [0.15, 0.2) is 5.96 Å². The second-order valence-corrected chi connectivity index (χ2v) is 8.24. The summed E-state index contributed by atoms with van der Waals surface area (Å²) >= 11 is 0. The molecule has 1 amide bonds. The monoisotopic (exact) mass is 536 g/mol. The molecule has 0 saturated carbocycles. The lowest BCUT2D eigenvalue weighted by molar-refractivity contribution is -0.128. The molecule has 1 unspecified atom stereocenters. The van der Waals surface area contributed by atoms with E-state index in [1.807, 2.05) is 28.9 Å². The van der Waals surface area contributed by atoms with Crippen LogP contribution < -0.4 is 5.32 Å². The Hall–Kier alpha value is -2.10. The van der Waals surface area contributed by atoms with Crippen molar-refractivity contribution in [3.63, 3.8) is 0 Å². The topological polar surface area (TPSA) is 65.8 Å². The first-order valence-electron chi connectivity index (χ1n) is 11.0. The van der Waals surface area contributed by atoms with Gasteiger partial charge >= 0.3 is 0 Å². The molecule has 2 saturated heterocycles. The molecule has 0 radical (unpaired) electrons. The summed E-state index contributed by atoms with van der Waals surface area (Å²) < 4.78 is 1.87. The van der Waals surface area contributed by atoms with E-state index in [0.717, 1.165) is 45.0 Å². The molecule has 0 aliphatic carbocycles. The van der Waals surface area contributed by atoms with E-state index < -0.39 is 0 Å². The summed E-state index contributed by atoms with van der Waals surface area (Å²) in [6.45, 7) is 7.08. The van der Waals surface area contributed by atoms with E-state index in [1.54, 1.807) is 0 Å². The number of benzene rings is 1. The van der Waals surface area contributed by atoms with Crippen LogP contribution in [0.2, 0.25) is 0 Å². The van der Waals surface area contributed by atoms with E-state index >= 15 is 0 Å². The Balaban J connectivity index is 0.00000272. The van der Waals surface area contributed by atoms with Gasteiger partial charge in [-0.3, -0.25) is 9.48 Å². The highest BCUT2D eigenvalue weighted by Gasteiger charge is 2.27. The van der Waals surface area contributed by atoms with Crippen molar-refractivity contribution in [3.8, 4) is 0 Å². The molecule has 3 heterocycles. The zero-order valence-corrected chi connectivity index (χ0v) is 20.8. The molecular formula is C23H33IN6O. The minimum absolute atomic E-state index is 0. The van der Waals surface area contributed by atoms with Crippen LogP contribution in [0.1, 0.15) is 48.8 Å². The number of hydrogen-bond donors (Lipinski definition) is 1. The minimum Gasteiger partial charge on any atom is -0.357 e. The highest BCUT2D eigenvalue weighted by atomic mass is 127. The first-order chi connectivity index (χ1) is 14.6. The summed E-state index contributed by atoms with van der Waals surface area (Å²) in [6.07, 6.45) is 6.86. The van der Waals surface area contributed by atoms with Gasteiger partial charge in [0.25, 0.3) is 0 Å². The summed E-state index contributed by atoms with van der Waals surface area (Å²) in [7, 11) is 1.97. The second-order valence-electron chi connectivity index (χ2n) is 8.24. The number of nitrogens with zero attached hydrogens (tertiary/aromatic N) is 5. The maximum atomic E-state index is 12.0. The van der Waals surface area contributed by atoms with Gasteiger partial charge in [0, 0.05) is 58.3 Å². The molecule has 0 bridgehead atoms. The lowest BCUT2D eigenvalue weighted by Crippen LogP contribution is -2.40. The number of amides is 1. The Kier molecular flexibility index (Phi) is 8.34. The second kappa shape index (κ2) is 11.0. The molecule has 0 spiro atoms. The maximum absolute atomic E-state index is 12.0. The number of hydrogen-bond acceptors (Lipinski definition) is 3. The van der Waals surface area contributed by atoms with Crippen molar-refractivity contribution in [2.75, 3.05) is 26.2 Å². The molecule has 4 rings (SSSR count). The van der Waals surface area contributed by atoms with Crippen LogP contribution in [-0.4, -0.2) is 57.6 Å². The number of aromatic nitrogens is 2. The third kappa shape index (κ3) is 5.78. The average Bonchev–Trinajstić information content (AvgIpc) is 3.48. The number of rotatable bonds is 6. The molecule has 2 fully saturated rings. The fourth-order valence-electron chi connectivity index (χ4n) is 4.40. The Morgan fingerprint density at radius 3 is 2.74 bits per heavy atom. The fraction of sp³-hybridized carbons (Fsp3) is 0.522. The van der Waals surface area contributed by atoms with Gasteiger partial charge < -0.3 is 15.1 Å². The van der Waals surface area contributed by atoms with Crippen molar-refractivity contribution in [3.05, 3.63) is 53.3 Å². The van der Waals surface area contributed by atoms with Crippen molar-refractivity contribution in [1.29, 1.82) is 0 Å². The SMILES string of the molecule is CCNC(=NCc1ccccc1CN1CCCC1=O)N1CCC(c2cnn(C)c2)C1.I. The van der Waals surface area contributed by atoms with E-state index in [0.29, 0.717) is 25.4 Å². The van der Waals surface area contributed by atoms with Crippen LogP contribution in [0, 0.1) is 0 Å². The summed E-state index contributed by atoms with van der Waals surface area (Å²) in [5.74, 6) is 1.73. The molecule has 2 aliphatic heterocycles. The first-order valence-corrected chi connectivity index (χ1v) is 11.0. The molecule has 8 heteroatoms. The molecular weight excluding hydrogens is 503 g/mol. The maximum Gasteiger partial charge on any atom is 0.222 e. The van der Waals surface area contributed by atoms with Crippen LogP contribution in [0.4, 0.5) is 0 Å². The highest BCUT2D eigenvalue weighted by Crippen LogP contribution is 2.27. The van der Waals surface area contributed by atoms with Gasteiger partial charge in [-0.05, 0) is 36.5 Å². The summed E-state index contributed by atoms with van der Waals surface area (Å²) in [5.41, 5.74) is 3.69. The van der Waals surface area contributed by atoms with Gasteiger partial charge in [-0.1, -0.05) is 24.3 Å². The van der Waals surface area contributed by atoms with E-state index in [1.165, 1.54) is 16.7 Å². The number of carbonyl (C=O) groups excluding carboxylic acids is 1. The zero-order chi connectivity index (χ0) is 20.9. The molecule has 1 aromatic heterocycles. The summed E-state index contributed by atoms with van der Waals surface area (Å²) in [6, 6.07) is 8.36. The minimum atomic E-state index is 0. The Morgan fingerprint density at radius 1 is 1.26 bits per heavy atom. The van der Waals surface area contributed by atoms with Gasteiger partial charge in [0.05, 0.1) is 12.7 Å². The van der Waals surface area contributed by atoms with E-state index in [4.69, 9.17) is 4.99 Å². The molecule has 1 atom stereocenters. The predicted octanol–water partition coefficient (Wildman–Crippen LogP) is 3.12. The Labute approximate surface area is 201 Å². The Morgan fingerprint density at radius 2 is 2.06 bits per heavy atom. The van der Waals surface area contributed by atoms with Crippen molar-refractivity contribution < 1.29 is 4.79 Å². The van der Waals surface area contributed by atoms with E-state index in [2.05, 4.69) is 46.6 Å². The molecule has 2 aromatic rings. The van der Waals surface area contributed by atoms with E-state index in [-0.39, 0.29) is 29.9 Å². The standard InChI is InChI=1S/C23H32N6O.HI/c1-3-24-23(29-12-10-20(17-29)21-14-26-27(2)15-21)25-13-18-7-4-5-8-19(18)16-28-11-6-9-22(28)30;/h4-5,7-8,14-15,20H,3,6,9-13,16-17H2,1-2H3,(H,24,25);1H. The smallest absolute Gasteiger partial charge is 0.222 e. The third-order valence-corrected chi connectivity index (χ3v) is 6.07. The average molecular weight is 536 g/mol. The van der Waals surface area contributed by atoms with Crippen molar-refractivity contribution in [1.82, 2.24) is 24.9 Å². The normalized spacial score (nSPS) is 19.1. The van der Waals surface area contributed by atoms with Crippen molar-refractivity contribution in [2.45, 2.75) is 45.2 Å². The van der Waals surface area contributed by atoms with Gasteiger partial charge in [-0.25, -0.2) is 4.99 Å². The fourth-order valence-corrected chi connectivity index (χ4v) is 4.40. The van der Waals surface area contributed by atoms with Crippen LogP contribution in [0.3, 0.4) is 0 Å². The zero-order valence-electron chi connectivity index (χ0n) is 18.5. The lowest BCUT2D eigenvalue weighted by Gasteiger charge is -2.22. The van der Waals surface area contributed by atoms with Crippen LogP contribution in [0.25, 0.3) is 0 Å². The van der Waals surface area contributed by atoms with Gasteiger partial charge in [0.1, 0.15) is 0 Å². The molecule has 1 aromatic carbocycles. The van der Waals surface area contributed by atoms with E-state index in [9.17, 15) is 4.79 Å². The molecule has 31 heavy (non-hydrogen) atoms. The first kappa shape index (κ1) is 23.6. The molecule has 1 N–H and O–H groups in total. The van der Waals surface area contributed by atoms with Gasteiger partial charge in [0.2, 0.25) is 5.91 Å². The predicted molar refractivity (Wildman–Crippen MR) is 133 cm³/mol. The molecule has 7 nitrogen and oxygen atoms in total. The Bertz CT molecular complexity index is 911. The lowest BCUT2D eigenvalue weighted by atomic mass is 10.0. The molecule has 2 aliphatic rings. The number of guanidine groups is 1. The number of likely N-dealkylation sites (tertiary alicyclic amines) is 2. The summed E-state index contributed by atoms with van der Waals surface area (Å²) in [5, 5.41) is 7.79. The summed E-state index contributed by atoms with van der Waals surface area (Å²) in [4.78, 5) is 21.3. The van der Waals surface area contributed by atoms with Crippen molar-refractivity contribution >= 4 is 35.8 Å². The van der Waals surface area contributed by atoms with Gasteiger partial charge in [-0.2, -0.15) is 5.10 Å². The van der Waals surface area contributed by atoms with Crippen LogP contribution in [0.15, 0.2) is 41.7 Å². The van der Waals surface area contributed by atoms with Gasteiger partial charge in [-0.15, -0.1) is 24.0 Å². The number of nitrogens with one attached hydrogen (secondary N) is 1. The van der Waals surface area contributed by atoms with Crippen LogP contribution in [0.5, 0.6) is 0 Å². The van der Waals surface area contributed by atoms with Crippen molar-refractivity contribution in [2.24, 2.45) is 12.0 Å². The number of carbonyl (C=O) groups is 1. The quantitative estimate of drug-likeness (QED) is 0.350. The highest BCUT2D eigenvalue weighted by molar-refractivity contribution is 14.0. The van der Waals surface area contributed by atoms with Crippen LogP contribution >= 0.6 is 24.0 Å². The molecule has 168 valence electrons. The number of halogens is 1. The third-order valence-electron chi connectivity index (χ3n) is 6.07. The largest absolute Gasteiger partial charge is 0.357 e. The number of aliphatic imine (C=N–C) groups is 1. The number of aryl methyl sites for hydroxylation is 1.